The highest BCUT2D eigenvalue weighted by Gasteiger charge is 2.24. The van der Waals surface area contributed by atoms with E-state index in [0.717, 1.165) is 6.07 Å². The number of hydrogen-bond donors (Lipinski definition) is 2. The van der Waals surface area contributed by atoms with Crippen LogP contribution in [-0.2, 0) is 14.3 Å². The number of benzene rings is 2. The van der Waals surface area contributed by atoms with Gasteiger partial charge in [-0.1, -0.05) is 11.6 Å². The molecule has 2 amide bonds. The number of ether oxygens (including phenoxy) is 2. The van der Waals surface area contributed by atoms with Crippen molar-refractivity contribution in [2.24, 2.45) is 0 Å². The van der Waals surface area contributed by atoms with Crippen LogP contribution >= 0.6 is 23.4 Å². The molecular formula is C21H22ClN3O7S. The standard InChI is InChI=1S/C21H22ClN3O7S/c1-31-18-11-15(25(29)30)7-8-16(18)23-19(26)12-32-21(28)17(9-10-33-2)24-20(27)13-3-5-14(22)6-4-13/h3-8,11,17H,9-10,12H2,1-2H3,(H,23,26)(H,24,27). The van der Waals surface area contributed by atoms with Crippen LogP contribution in [0.4, 0.5) is 11.4 Å². The number of halogens is 1. The van der Waals surface area contributed by atoms with Gasteiger partial charge >= 0.3 is 5.97 Å². The van der Waals surface area contributed by atoms with Crippen LogP contribution in [0, 0.1) is 10.1 Å². The van der Waals surface area contributed by atoms with E-state index in [1.807, 2.05) is 6.26 Å². The van der Waals surface area contributed by atoms with Crippen LogP contribution in [0.2, 0.25) is 5.02 Å². The first-order chi connectivity index (χ1) is 15.7. The van der Waals surface area contributed by atoms with E-state index in [2.05, 4.69) is 10.6 Å². The lowest BCUT2D eigenvalue weighted by Gasteiger charge is -2.17. The highest BCUT2D eigenvalue weighted by Crippen LogP contribution is 2.28. The zero-order valence-electron chi connectivity index (χ0n) is 17.8. The van der Waals surface area contributed by atoms with Crippen molar-refractivity contribution in [3.05, 3.63) is 63.2 Å². The monoisotopic (exact) mass is 495 g/mol. The molecule has 0 aliphatic carbocycles. The highest BCUT2D eigenvalue weighted by atomic mass is 35.5. The molecule has 0 saturated heterocycles. The van der Waals surface area contributed by atoms with E-state index < -0.39 is 35.4 Å². The number of amides is 2. The van der Waals surface area contributed by atoms with Crippen LogP contribution < -0.4 is 15.4 Å². The van der Waals surface area contributed by atoms with Crippen molar-refractivity contribution >= 4 is 52.5 Å². The van der Waals surface area contributed by atoms with Crippen molar-refractivity contribution in [1.29, 1.82) is 0 Å². The first-order valence-corrected chi connectivity index (χ1v) is 11.4. The molecule has 0 saturated carbocycles. The number of nitro groups is 1. The van der Waals surface area contributed by atoms with E-state index in [1.54, 1.807) is 12.1 Å². The van der Waals surface area contributed by atoms with E-state index in [9.17, 15) is 24.5 Å². The number of esters is 1. The largest absolute Gasteiger partial charge is 0.494 e. The number of rotatable bonds is 11. The molecule has 2 N–H and O–H groups in total. The molecule has 2 rings (SSSR count). The summed E-state index contributed by atoms with van der Waals surface area (Å²) in [6.45, 7) is -0.619. The second-order valence-corrected chi connectivity index (χ2v) is 8.03. The molecule has 0 aliphatic rings. The van der Waals surface area contributed by atoms with Gasteiger partial charge in [-0.3, -0.25) is 19.7 Å². The number of thioether (sulfide) groups is 1. The number of methoxy groups -OCH3 is 1. The van der Waals surface area contributed by atoms with Crippen molar-refractivity contribution in [2.75, 3.05) is 31.0 Å². The van der Waals surface area contributed by atoms with E-state index in [4.69, 9.17) is 21.1 Å². The van der Waals surface area contributed by atoms with Gasteiger partial charge in [0.05, 0.1) is 23.8 Å². The summed E-state index contributed by atoms with van der Waals surface area (Å²) in [7, 11) is 1.30. The third kappa shape index (κ3) is 7.95. The second-order valence-electron chi connectivity index (χ2n) is 6.61. The lowest BCUT2D eigenvalue weighted by atomic mass is 10.1. The minimum Gasteiger partial charge on any atom is -0.494 e. The number of non-ortho nitro benzene ring substituents is 1. The number of carbonyl (C=O) groups excluding carboxylic acids is 3. The number of nitrogens with one attached hydrogen (secondary N) is 2. The quantitative estimate of drug-likeness (QED) is 0.275. The smallest absolute Gasteiger partial charge is 0.329 e. The average molecular weight is 496 g/mol. The molecule has 0 aliphatic heterocycles. The fraction of sp³-hybridized carbons (Fsp3) is 0.286. The molecular weight excluding hydrogens is 474 g/mol. The summed E-state index contributed by atoms with van der Waals surface area (Å²) in [6.07, 6.45) is 2.16. The summed E-state index contributed by atoms with van der Waals surface area (Å²) in [5, 5.41) is 16.4. The third-order valence-electron chi connectivity index (χ3n) is 4.32. The fourth-order valence-corrected chi connectivity index (χ4v) is 3.25. The molecule has 176 valence electrons. The van der Waals surface area contributed by atoms with E-state index >= 15 is 0 Å². The third-order valence-corrected chi connectivity index (χ3v) is 5.22. The number of nitro benzene ring substituents is 1. The normalized spacial score (nSPS) is 11.2. The minimum absolute atomic E-state index is 0.0805. The summed E-state index contributed by atoms with van der Waals surface area (Å²) >= 11 is 7.31. The summed E-state index contributed by atoms with van der Waals surface area (Å²) in [6, 6.07) is 8.89. The van der Waals surface area contributed by atoms with Gasteiger partial charge in [0, 0.05) is 16.7 Å². The summed E-state index contributed by atoms with van der Waals surface area (Å²) in [5.41, 5.74) is 0.299. The maximum atomic E-state index is 12.5. The summed E-state index contributed by atoms with van der Waals surface area (Å²) in [5.74, 6) is -1.26. The van der Waals surface area contributed by atoms with E-state index in [-0.39, 0.29) is 17.1 Å². The molecule has 1 unspecified atom stereocenters. The lowest BCUT2D eigenvalue weighted by molar-refractivity contribution is -0.384. The van der Waals surface area contributed by atoms with Crippen LogP contribution in [0.5, 0.6) is 5.75 Å². The summed E-state index contributed by atoms with van der Waals surface area (Å²) < 4.78 is 10.1. The van der Waals surface area contributed by atoms with Crippen molar-refractivity contribution in [1.82, 2.24) is 5.32 Å². The zero-order chi connectivity index (χ0) is 24.4. The van der Waals surface area contributed by atoms with E-state index in [1.165, 1.54) is 43.1 Å². The molecule has 0 fully saturated rings. The highest BCUT2D eigenvalue weighted by molar-refractivity contribution is 7.98. The Kier molecular flexibility index (Phi) is 9.95. The Bertz CT molecular complexity index is 1020. The first kappa shape index (κ1) is 25.9. The maximum Gasteiger partial charge on any atom is 0.329 e. The van der Waals surface area contributed by atoms with Crippen molar-refractivity contribution in [2.45, 2.75) is 12.5 Å². The summed E-state index contributed by atoms with van der Waals surface area (Å²) in [4.78, 5) is 47.5. The van der Waals surface area contributed by atoms with Crippen LogP contribution in [0.15, 0.2) is 42.5 Å². The Morgan fingerprint density at radius 3 is 2.48 bits per heavy atom. The van der Waals surface area contributed by atoms with Gasteiger partial charge in [0.2, 0.25) is 0 Å². The molecule has 10 nitrogen and oxygen atoms in total. The Labute approximate surface area is 199 Å². The van der Waals surface area contributed by atoms with Gasteiger partial charge in [0.15, 0.2) is 6.61 Å². The SMILES string of the molecule is COc1cc([N+](=O)[O-])ccc1NC(=O)COC(=O)C(CCSC)NC(=O)c1ccc(Cl)cc1. The Morgan fingerprint density at radius 2 is 1.88 bits per heavy atom. The number of anilines is 1. The molecule has 0 bridgehead atoms. The molecule has 1 atom stereocenters. The lowest BCUT2D eigenvalue weighted by Crippen LogP contribution is -2.43. The van der Waals surface area contributed by atoms with Gasteiger partial charge in [-0.15, -0.1) is 0 Å². The molecule has 12 heteroatoms. The second kappa shape index (κ2) is 12.7. The maximum absolute atomic E-state index is 12.5. The molecule has 33 heavy (non-hydrogen) atoms. The van der Waals surface area contributed by atoms with Gasteiger partial charge in [0.25, 0.3) is 17.5 Å². The van der Waals surface area contributed by atoms with Crippen LogP contribution in [0.3, 0.4) is 0 Å². The molecule has 2 aromatic carbocycles. The van der Waals surface area contributed by atoms with Crippen molar-refractivity contribution < 1.29 is 28.8 Å². The minimum atomic E-state index is -0.956. The Hall–Kier alpha value is -3.31. The van der Waals surface area contributed by atoms with Crippen LogP contribution in [-0.4, -0.2) is 54.5 Å². The van der Waals surface area contributed by atoms with E-state index in [0.29, 0.717) is 22.8 Å². The van der Waals surface area contributed by atoms with Crippen molar-refractivity contribution in [3.63, 3.8) is 0 Å². The van der Waals surface area contributed by atoms with Crippen LogP contribution in [0.25, 0.3) is 0 Å². The van der Waals surface area contributed by atoms with Gasteiger partial charge in [-0.25, -0.2) is 4.79 Å². The number of nitrogens with zero attached hydrogens (tertiary/aromatic N) is 1. The number of hydrogen-bond acceptors (Lipinski definition) is 8. The molecule has 0 spiro atoms. The first-order valence-electron chi connectivity index (χ1n) is 9.59. The molecule has 0 heterocycles. The zero-order valence-corrected chi connectivity index (χ0v) is 19.4. The fourth-order valence-electron chi connectivity index (χ4n) is 2.65. The molecule has 0 radical (unpaired) electrons. The van der Waals surface area contributed by atoms with Gasteiger partial charge in [-0.05, 0) is 48.8 Å². The predicted molar refractivity (Wildman–Crippen MR) is 125 cm³/mol. The Morgan fingerprint density at radius 1 is 1.18 bits per heavy atom. The molecule has 2 aromatic rings. The van der Waals surface area contributed by atoms with Gasteiger partial charge in [0.1, 0.15) is 11.8 Å². The van der Waals surface area contributed by atoms with Gasteiger partial charge < -0.3 is 20.1 Å². The Balaban J connectivity index is 1.98. The van der Waals surface area contributed by atoms with Crippen molar-refractivity contribution in [3.8, 4) is 5.75 Å². The van der Waals surface area contributed by atoms with Gasteiger partial charge in [-0.2, -0.15) is 11.8 Å². The van der Waals surface area contributed by atoms with Crippen LogP contribution in [0.1, 0.15) is 16.8 Å². The predicted octanol–water partition coefficient (Wildman–Crippen LogP) is 3.29. The number of carbonyl (C=O) groups is 3. The average Bonchev–Trinajstić information content (AvgIpc) is 2.80. The molecule has 0 aromatic heterocycles. The topological polar surface area (TPSA) is 137 Å².